The third-order valence-corrected chi connectivity index (χ3v) is 5.78. The molecule has 0 saturated heterocycles. The van der Waals surface area contributed by atoms with Crippen molar-refractivity contribution in [2.45, 2.75) is 18.2 Å². The first-order valence-electron chi connectivity index (χ1n) is 7.50. The molecule has 2 aromatic heterocycles. The van der Waals surface area contributed by atoms with Crippen LogP contribution in [0.15, 0.2) is 45.0 Å². The van der Waals surface area contributed by atoms with E-state index in [4.69, 9.17) is 9.15 Å². The Hall–Kier alpha value is -2.23. The van der Waals surface area contributed by atoms with Crippen LogP contribution in [-0.4, -0.2) is 32.3 Å². The summed E-state index contributed by atoms with van der Waals surface area (Å²) in [5.41, 5.74) is 0.832. The minimum Gasteiger partial charge on any atom is -0.495 e. The molecule has 25 heavy (non-hydrogen) atoms. The van der Waals surface area contributed by atoms with E-state index in [0.717, 1.165) is 10.4 Å². The van der Waals surface area contributed by atoms with E-state index in [1.165, 1.54) is 18.4 Å². The SMILES string of the molecule is COc1ccc(C)cc1S(=O)(=O)NCCc1nnc(-c2cccs2)o1. The first-order chi connectivity index (χ1) is 12.0. The molecule has 2 heterocycles. The highest BCUT2D eigenvalue weighted by Crippen LogP contribution is 2.25. The van der Waals surface area contributed by atoms with Crippen LogP contribution in [-0.2, 0) is 16.4 Å². The number of thiophene rings is 1. The van der Waals surface area contributed by atoms with E-state index < -0.39 is 10.0 Å². The van der Waals surface area contributed by atoms with Crippen molar-refractivity contribution in [2.75, 3.05) is 13.7 Å². The van der Waals surface area contributed by atoms with Gasteiger partial charge in [0.15, 0.2) is 0 Å². The molecule has 0 radical (unpaired) electrons. The Morgan fingerprint density at radius 2 is 2.12 bits per heavy atom. The number of rotatable bonds is 7. The summed E-state index contributed by atoms with van der Waals surface area (Å²) in [6.45, 7) is 1.97. The van der Waals surface area contributed by atoms with E-state index in [-0.39, 0.29) is 11.4 Å². The summed E-state index contributed by atoms with van der Waals surface area (Å²) in [6.07, 6.45) is 0.297. The zero-order chi connectivity index (χ0) is 17.9. The second kappa shape index (κ2) is 7.34. The monoisotopic (exact) mass is 379 g/mol. The highest BCUT2D eigenvalue weighted by molar-refractivity contribution is 7.89. The summed E-state index contributed by atoms with van der Waals surface area (Å²) < 4.78 is 38.2. The van der Waals surface area contributed by atoms with E-state index in [9.17, 15) is 8.42 Å². The summed E-state index contributed by atoms with van der Waals surface area (Å²) in [5, 5.41) is 9.83. The Bertz CT molecular complexity index is 950. The molecule has 0 aliphatic rings. The number of ether oxygens (including phenoxy) is 1. The van der Waals surface area contributed by atoms with Crippen molar-refractivity contribution in [3.8, 4) is 16.5 Å². The number of methoxy groups -OCH3 is 1. The molecule has 132 valence electrons. The highest BCUT2D eigenvalue weighted by Gasteiger charge is 2.19. The number of benzene rings is 1. The van der Waals surface area contributed by atoms with Crippen LogP contribution >= 0.6 is 11.3 Å². The molecule has 0 amide bonds. The molecule has 0 unspecified atom stereocenters. The number of hydrogen-bond acceptors (Lipinski definition) is 7. The standard InChI is InChI=1S/C16H17N3O4S2/c1-11-5-6-12(22-2)14(10-11)25(20,21)17-8-7-15-18-19-16(23-15)13-4-3-9-24-13/h3-6,9-10,17H,7-8H2,1-2H3. The first kappa shape index (κ1) is 17.6. The van der Waals surface area contributed by atoms with E-state index in [1.807, 2.05) is 24.4 Å². The number of sulfonamides is 1. The molecular weight excluding hydrogens is 362 g/mol. The van der Waals surface area contributed by atoms with Gasteiger partial charge in [0.1, 0.15) is 10.6 Å². The highest BCUT2D eigenvalue weighted by atomic mass is 32.2. The van der Waals surface area contributed by atoms with Crippen LogP contribution in [0.2, 0.25) is 0 Å². The molecule has 3 aromatic rings. The Morgan fingerprint density at radius 3 is 2.84 bits per heavy atom. The van der Waals surface area contributed by atoms with E-state index >= 15 is 0 Å². The largest absolute Gasteiger partial charge is 0.495 e. The van der Waals surface area contributed by atoms with Crippen molar-refractivity contribution in [2.24, 2.45) is 0 Å². The van der Waals surface area contributed by atoms with Gasteiger partial charge in [-0.05, 0) is 36.1 Å². The summed E-state index contributed by atoms with van der Waals surface area (Å²) >= 11 is 1.50. The molecular formula is C16H17N3O4S2. The van der Waals surface area contributed by atoms with Crippen LogP contribution in [0, 0.1) is 6.92 Å². The van der Waals surface area contributed by atoms with Crippen LogP contribution in [0.4, 0.5) is 0 Å². The van der Waals surface area contributed by atoms with Gasteiger partial charge in [0, 0.05) is 13.0 Å². The van der Waals surface area contributed by atoms with Crippen molar-refractivity contribution in [1.82, 2.24) is 14.9 Å². The molecule has 3 rings (SSSR count). The third-order valence-electron chi connectivity index (χ3n) is 3.44. The summed E-state index contributed by atoms with van der Waals surface area (Å²) in [7, 11) is -2.26. The molecule has 0 atom stereocenters. The van der Waals surface area contributed by atoms with Gasteiger partial charge in [-0.25, -0.2) is 13.1 Å². The van der Waals surface area contributed by atoms with Crippen molar-refractivity contribution in [3.05, 3.63) is 47.2 Å². The van der Waals surface area contributed by atoms with Crippen molar-refractivity contribution >= 4 is 21.4 Å². The maximum absolute atomic E-state index is 12.5. The third kappa shape index (κ3) is 4.06. The summed E-state index contributed by atoms with van der Waals surface area (Å²) in [5.74, 6) is 1.12. The van der Waals surface area contributed by atoms with Gasteiger partial charge in [-0.3, -0.25) is 0 Å². The average Bonchev–Trinajstić information content (AvgIpc) is 3.26. The fraction of sp³-hybridized carbons (Fsp3) is 0.250. The number of nitrogens with zero attached hydrogens (tertiary/aromatic N) is 2. The molecule has 0 bridgehead atoms. The number of aryl methyl sites for hydroxylation is 1. The lowest BCUT2D eigenvalue weighted by Crippen LogP contribution is -2.26. The Labute approximate surface area is 149 Å². The molecule has 0 aliphatic heterocycles. The Morgan fingerprint density at radius 1 is 1.28 bits per heavy atom. The smallest absolute Gasteiger partial charge is 0.257 e. The second-order valence-corrected chi connectivity index (χ2v) is 7.96. The molecule has 1 N–H and O–H groups in total. The van der Waals surface area contributed by atoms with Crippen LogP contribution in [0.25, 0.3) is 10.8 Å². The zero-order valence-electron chi connectivity index (χ0n) is 13.7. The lowest BCUT2D eigenvalue weighted by atomic mass is 10.2. The predicted molar refractivity (Wildman–Crippen MR) is 94.2 cm³/mol. The fourth-order valence-corrected chi connectivity index (χ4v) is 4.15. The van der Waals surface area contributed by atoms with Gasteiger partial charge in [0.25, 0.3) is 5.89 Å². The Balaban J connectivity index is 1.66. The van der Waals surface area contributed by atoms with E-state index in [1.54, 1.807) is 18.2 Å². The molecule has 0 saturated carbocycles. The van der Waals surface area contributed by atoms with Gasteiger partial charge in [-0.2, -0.15) is 0 Å². The molecule has 1 aromatic carbocycles. The van der Waals surface area contributed by atoms with Crippen molar-refractivity contribution < 1.29 is 17.6 Å². The maximum Gasteiger partial charge on any atom is 0.257 e. The van der Waals surface area contributed by atoms with Gasteiger partial charge in [0.05, 0.1) is 12.0 Å². The minimum absolute atomic E-state index is 0.111. The minimum atomic E-state index is -3.69. The molecule has 9 heteroatoms. The fourth-order valence-electron chi connectivity index (χ4n) is 2.22. The van der Waals surface area contributed by atoms with Crippen LogP contribution < -0.4 is 9.46 Å². The van der Waals surface area contributed by atoms with Crippen LogP contribution in [0.3, 0.4) is 0 Å². The van der Waals surface area contributed by atoms with Gasteiger partial charge in [-0.1, -0.05) is 12.1 Å². The van der Waals surface area contributed by atoms with E-state index in [0.29, 0.717) is 24.0 Å². The first-order valence-corrected chi connectivity index (χ1v) is 9.86. The van der Waals surface area contributed by atoms with Crippen LogP contribution in [0.1, 0.15) is 11.5 Å². The van der Waals surface area contributed by atoms with Gasteiger partial charge < -0.3 is 9.15 Å². The molecule has 7 nitrogen and oxygen atoms in total. The molecule has 0 aliphatic carbocycles. The molecule has 0 spiro atoms. The lowest BCUT2D eigenvalue weighted by molar-refractivity contribution is 0.402. The van der Waals surface area contributed by atoms with Gasteiger partial charge in [-0.15, -0.1) is 21.5 Å². The van der Waals surface area contributed by atoms with Gasteiger partial charge >= 0.3 is 0 Å². The number of nitrogens with one attached hydrogen (secondary N) is 1. The van der Waals surface area contributed by atoms with Crippen molar-refractivity contribution in [1.29, 1.82) is 0 Å². The lowest BCUT2D eigenvalue weighted by Gasteiger charge is -2.11. The topological polar surface area (TPSA) is 94.3 Å². The summed E-state index contributed by atoms with van der Waals surface area (Å²) in [6, 6.07) is 8.78. The molecule has 0 fully saturated rings. The number of aromatic nitrogens is 2. The van der Waals surface area contributed by atoms with Gasteiger partial charge in [0.2, 0.25) is 15.9 Å². The predicted octanol–water partition coefficient (Wildman–Crippen LogP) is 2.64. The summed E-state index contributed by atoms with van der Waals surface area (Å²) in [4.78, 5) is 0.989. The maximum atomic E-state index is 12.5. The number of hydrogen-bond donors (Lipinski definition) is 1. The average molecular weight is 379 g/mol. The second-order valence-electron chi connectivity index (χ2n) is 5.28. The quantitative estimate of drug-likeness (QED) is 0.678. The van der Waals surface area contributed by atoms with E-state index in [2.05, 4.69) is 14.9 Å². The Kier molecular flexibility index (Phi) is 5.16. The normalized spacial score (nSPS) is 11.6. The zero-order valence-corrected chi connectivity index (χ0v) is 15.4. The van der Waals surface area contributed by atoms with Crippen molar-refractivity contribution in [3.63, 3.8) is 0 Å². The van der Waals surface area contributed by atoms with Crippen LogP contribution in [0.5, 0.6) is 5.75 Å².